The van der Waals surface area contributed by atoms with Gasteiger partial charge in [-0.25, -0.2) is 4.99 Å². The molecule has 7 heteroatoms. The molecule has 1 aromatic rings. The highest BCUT2D eigenvalue weighted by molar-refractivity contribution is 9.10. The second-order valence-electron chi connectivity index (χ2n) is 4.82. The Morgan fingerprint density at radius 2 is 2.09 bits per heavy atom. The van der Waals surface area contributed by atoms with Crippen LogP contribution in [0.4, 0.5) is 0 Å². The Morgan fingerprint density at radius 3 is 2.78 bits per heavy atom. The molecule has 0 unspecified atom stereocenters. The van der Waals surface area contributed by atoms with Crippen molar-refractivity contribution < 1.29 is 9.47 Å². The van der Waals surface area contributed by atoms with Crippen LogP contribution in [-0.4, -0.2) is 46.0 Å². The monoisotopic (exact) mass is 405 g/mol. The lowest BCUT2D eigenvalue weighted by Crippen LogP contribution is -2.38. The molecule has 0 amide bonds. The number of guanidine groups is 1. The molecule has 1 aromatic carbocycles. The highest BCUT2D eigenvalue weighted by Crippen LogP contribution is 2.21. The Hall–Kier alpha value is -0.820. The molecule has 0 bridgehead atoms. The lowest BCUT2D eigenvalue weighted by atomic mass is 10.2. The van der Waals surface area contributed by atoms with Gasteiger partial charge in [-0.2, -0.15) is 0 Å². The fourth-order valence-corrected chi connectivity index (χ4v) is 2.51. The largest absolute Gasteiger partial charge is 0.382 e. The maximum atomic E-state index is 6.21. The number of methoxy groups -OCH3 is 1. The molecule has 0 atom stereocenters. The summed E-state index contributed by atoms with van der Waals surface area (Å²) >= 11 is 9.61. The van der Waals surface area contributed by atoms with Crippen LogP contribution >= 0.6 is 27.5 Å². The topological polar surface area (TPSA) is 54.9 Å². The molecule has 1 rings (SSSR count). The normalized spacial score (nSPS) is 11.6. The number of rotatable bonds is 10. The number of hydrogen-bond donors (Lipinski definition) is 2. The highest BCUT2D eigenvalue weighted by atomic mass is 79.9. The molecule has 23 heavy (non-hydrogen) atoms. The maximum Gasteiger partial charge on any atom is 0.191 e. The van der Waals surface area contributed by atoms with Crippen molar-refractivity contribution in [1.82, 2.24) is 10.6 Å². The van der Waals surface area contributed by atoms with E-state index >= 15 is 0 Å². The molecule has 2 N–H and O–H groups in total. The van der Waals surface area contributed by atoms with Crippen LogP contribution in [0.15, 0.2) is 27.7 Å². The van der Waals surface area contributed by atoms with Crippen LogP contribution in [0.5, 0.6) is 0 Å². The first-order valence-corrected chi connectivity index (χ1v) is 8.87. The van der Waals surface area contributed by atoms with E-state index in [0.717, 1.165) is 35.5 Å². The lowest BCUT2D eigenvalue weighted by Gasteiger charge is -2.11. The van der Waals surface area contributed by atoms with Crippen LogP contribution in [0, 0.1) is 0 Å². The zero-order valence-corrected chi connectivity index (χ0v) is 16.0. The van der Waals surface area contributed by atoms with E-state index in [0.29, 0.717) is 31.4 Å². The number of halogens is 2. The molecule has 130 valence electrons. The number of nitrogens with zero attached hydrogens (tertiary/aromatic N) is 1. The van der Waals surface area contributed by atoms with E-state index in [-0.39, 0.29) is 0 Å². The summed E-state index contributed by atoms with van der Waals surface area (Å²) in [6.45, 7) is 6.15. The van der Waals surface area contributed by atoms with Crippen molar-refractivity contribution in [1.29, 1.82) is 0 Å². The predicted molar refractivity (Wildman–Crippen MR) is 99.3 cm³/mol. The van der Waals surface area contributed by atoms with Gasteiger partial charge in [0.15, 0.2) is 5.96 Å². The molecule has 0 saturated carbocycles. The molecule has 0 aliphatic rings. The first-order valence-electron chi connectivity index (χ1n) is 7.70. The minimum Gasteiger partial charge on any atom is -0.382 e. The van der Waals surface area contributed by atoms with E-state index in [9.17, 15) is 0 Å². The van der Waals surface area contributed by atoms with Gasteiger partial charge in [-0.05, 0) is 31.0 Å². The summed E-state index contributed by atoms with van der Waals surface area (Å²) in [4.78, 5) is 4.56. The number of nitrogens with one attached hydrogen (secondary N) is 2. The van der Waals surface area contributed by atoms with Gasteiger partial charge in [0.25, 0.3) is 0 Å². The smallest absolute Gasteiger partial charge is 0.191 e. The average Bonchev–Trinajstić information content (AvgIpc) is 2.53. The number of benzene rings is 1. The second-order valence-corrected chi connectivity index (χ2v) is 6.14. The van der Waals surface area contributed by atoms with E-state index in [4.69, 9.17) is 21.1 Å². The summed E-state index contributed by atoms with van der Waals surface area (Å²) in [6, 6.07) is 5.82. The first-order chi connectivity index (χ1) is 11.2. The fourth-order valence-electron chi connectivity index (χ4n) is 1.78. The molecule has 0 aliphatic carbocycles. The molecule has 0 aliphatic heterocycles. The SMILES string of the molecule is CCNC(=NCc1ccc(Br)cc1Cl)NCCCOCCOC. The Labute approximate surface area is 151 Å². The quantitative estimate of drug-likeness (QED) is 0.356. The third-order valence-electron chi connectivity index (χ3n) is 2.96. The second kappa shape index (κ2) is 12.6. The van der Waals surface area contributed by atoms with Crippen molar-refractivity contribution in [3.8, 4) is 0 Å². The third kappa shape index (κ3) is 9.15. The standard InChI is InChI=1S/C16H25BrClN3O2/c1-3-19-16(20-7-4-8-23-10-9-22-2)21-12-13-5-6-14(17)11-15(13)18/h5-6,11H,3-4,7-10,12H2,1-2H3,(H2,19,20,21). The molecule has 0 radical (unpaired) electrons. The Balaban J connectivity index is 2.38. The van der Waals surface area contributed by atoms with E-state index < -0.39 is 0 Å². The summed E-state index contributed by atoms with van der Waals surface area (Å²) in [5.74, 6) is 0.781. The zero-order chi connectivity index (χ0) is 16.9. The summed E-state index contributed by atoms with van der Waals surface area (Å²) < 4.78 is 11.3. The molecular weight excluding hydrogens is 382 g/mol. The van der Waals surface area contributed by atoms with Crippen molar-refractivity contribution in [2.75, 3.05) is 40.0 Å². The minimum absolute atomic E-state index is 0.534. The van der Waals surface area contributed by atoms with Gasteiger partial charge in [0.2, 0.25) is 0 Å². The summed E-state index contributed by atoms with van der Waals surface area (Å²) in [5.41, 5.74) is 0.995. The number of aliphatic imine (C=N–C) groups is 1. The zero-order valence-electron chi connectivity index (χ0n) is 13.7. The van der Waals surface area contributed by atoms with E-state index in [1.165, 1.54) is 0 Å². The van der Waals surface area contributed by atoms with Gasteiger partial charge >= 0.3 is 0 Å². The summed E-state index contributed by atoms with van der Waals surface area (Å²) in [6.07, 6.45) is 0.910. The van der Waals surface area contributed by atoms with Crippen molar-refractivity contribution in [2.45, 2.75) is 19.9 Å². The molecule has 0 saturated heterocycles. The molecule has 0 heterocycles. The Bertz CT molecular complexity index is 486. The van der Waals surface area contributed by atoms with E-state index in [2.05, 4.69) is 31.6 Å². The van der Waals surface area contributed by atoms with Crippen LogP contribution in [-0.2, 0) is 16.0 Å². The summed E-state index contributed by atoms with van der Waals surface area (Å²) in [5, 5.41) is 7.22. The number of ether oxygens (including phenoxy) is 2. The molecule has 0 aromatic heterocycles. The van der Waals surface area contributed by atoms with Crippen molar-refractivity contribution in [2.24, 2.45) is 4.99 Å². The highest BCUT2D eigenvalue weighted by Gasteiger charge is 2.02. The number of hydrogen-bond acceptors (Lipinski definition) is 3. The minimum atomic E-state index is 0.534. The van der Waals surface area contributed by atoms with Gasteiger partial charge in [0.1, 0.15) is 0 Å². The predicted octanol–water partition coefficient (Wildman–Crippen LogP) is 3.21. The fraction of sp³-hybridized carbons (Fsp3) is 0.562. The van der Waals surface area contributed by atoms with E-state index in [1.54, 1.807) is 7.11 Å². The van der Waals surface area contributed by atoms with Crippen LogP contribution < -0.4 is 10.6 Å². The summed E-state index contributed by atoms with van der Waals surface area (Å²) in [7, 11) is 1.67. The lowest BCUT2D eigenvalue weighted by molar-refractivity contribution is 0.0698. The van der Waals surface area contributed by atoms with E-state index in [1.807, 2.05) is 25.1 Å². The first kappa shape index (κ1) is 20.2. The maximum absolute atomic E-state index is 6.21. The van der Waals surface area contributed by atoms with Crippen LogP contribution in [0.25, 0.3) is 0 Å². The Morgan fingerprint density at radius 1 is 1.26 bits per heavy atom. The third-order valence-corrected chi connectivity index (χ3v) is 3.80. The molecular formula is C16H25BrClN3O2. The van der Waals surface area contributed by atoms with Gasteiger partial charge in [0, 0.05) is 36.3 Å². The molecule has 5 nitrogen and oxygen atoms in total. The van der Waals surface area contributed by atoms with Gasteiger partial charge in [-0.3, -0.25) is 0 Å². The van der Waals surface area contributed by atoms with Gasteiger partial charge in [-0.15, -0.1) is 0 Å². The van der Waals surface area contributed by atoms with Gasteiger partial charge in [-0.1, -0.05) is 33.6 Å². The molecule has 0 fully saturated rings. The Kier molecular flexibility index (Phi) is 11.1. The van der Waals surface area contributed by atoms with Crippen LogP contribution in [0.2, 0.25) is 5.02 Å². The molecule has 0 spiro atoms. The van der Waals surface area contributed by atoms with Crippen LogP contribution in [0.3, 0.4) is 0 Å². The van der Waals surface area contributed by atoms with Gasteiger partial charge < -0.3 is 20.1 Å². The van der Waals surface area contributed by atoms with Crippen molar-refractivity contribution in [3.05, 3.63) is 33.3 Å². The van der Waals surface area contributed by atoms with Crippen molar-refractivity contribution >= 4 is 33.5 Å². The van der Waals surface area contributed by atoms with Gasteiger partial charge in [0.05, 0.1) is 19.8 Å². The average molecular weight is 407 g/mol. The van der Waals surface area contributed by atoms with Crippen molar-refractivity contribution in [3.63, 3.8) is 0 Å². The van der Waals surface area contributed by atoms with Crippen LogP contribution in [0.1, 0.15) is 18.9 Å².